The Labute approximate surface area is 115 Å². The molecule has 1 unspecified atom stereocenters. The summed E-state index contributed by atoms with van der Waals surface area (Å²) in [6.07, 6.45) is 4.14. The molecule has 1 rings (SSSR count). The van der Waals surface area contributed by atoms with Gasteiger partial charge in [-0.3, -0.25) is 0 Å². The second-order valence-corrected chi connectivity index (χ2v) is 7.20. The molecule has 0 amide bonds. The van der Waals surface area contributed by atoms with Crippen molar-refractivity contribution in [3.05, 3.63) is 18.2 Å². The topological polar surface area (TPSA) is 76.0 Å². The van der Waals surface area contributed by atoms with Crippen LogP contribution in [0.3, 0.4) is 0 Å². The standard InChI is InChI=1S/C12H24N4O2S/c1-10(2)14-9-11(3)19(17,18)15-6-5-12-13-7-8-16(12)4/h7-8,10-11,14-15H,5-6,9H2,1-4H3. The van der Waals surface area contributed by atoms with Gasteiger partial charge in [0.15, 0.2) is 0 Å². The molecule has 1 atom stereocenters. The van der Waals surface area contributed by atoms with Gasteiger partial charge in [-0.1, -0.05) is 13.8 Å². The molecule has 0 aliphatic rings. The van der Waals surface area contributed by atoms with Crippen molar-refractivity contribution < 1.29 is 8.42 Å². The quantitative estimate of drug-likeness (QED) is 0.720. The Morgan fingerprint density at radius 3 is 2.58 bits per heavy atom. The summed E-state index contributed by atoms with van der Waals surface area (Å²) in [7, 11) is -1.38. The summed E-state index contributed by atoms with van der Waals surface area (Å²) in [5, 5.41) is 2.68. The Morgan fingerprint density at radius 2 is 2.05 bits per heavy atom. The molecule has 110 valence electrons. The number of aromatic nitrogens is 2. The number of aryl methyl sites for hydroxylation is 1. The summed E-state index contributed by atoms with van der Waals surface area (Å²) in [6, 6.07) is 0.283. The highest BCUT2D eigenvalue weighted by molar-refractivity contribution is 7.90. The molecule has 1 heterocycles. The predicted octanol–water partition coefficient (Wildman–Crippen LogP) is 0.269. The molecule has 0 bridgehead atoms. The van der Waals surface area contributed by atoms with Crippen LogP contribution in [0.2, 0.25) is 0 Å². The van der Waals surface area contributed by atoms with Gasteiger partial charge in [-0.05, 0) is 6.92 Å². The molecule has 7 heteroatoms. The molecular formula is C12H24N4O2S. The van der Waals surface area contributed by atoms with E-state index < -0.39 is 15.3 Å². The fourth-order valence-electron chi connectivity index (χ4n) is 1.60. The SMILES string of the molecule is CC(C)NCC(C)S(=O)(=O)NCCc1nccn1C. The third kappa shape index (κ3) is 5.30. The van der Waals surface area contributed by atoms with Gasteiger partial charge in [0.25, 0.3) is 0 Å². The normalized spacial score (nSPS) is 13.9. The van der Waals surface area contributed by atoms with Crippen molar-refractivity contribution >= 4 is 10.0 Å². The number of imidazole rings is 1. The van der Waals surface area contributed by atoms with Gasteiger partial charge in [0.1, 0.15) is 5.82 Å². The number of nitrogens with one attached hydrogen (secondary N) is 2. The van der Waals surface area contributed by atoms with Crippen molar-refractivity contribution in [3.8, 4) is 0 Å². The van der Waals surface area contributed by atoms with Crippen molar-refractivity contribution in [3.63, 3.8) is 0 Å². The molecule has 0 radical (unpaired) electrons. The minimum Gasteiger partial charge on any atom is -0.338 e. The summed E-state index contributed by atoms with van der Waals surface area (Å²) in [5.74, 6) is 0.871. The molecule has 0 aliphatic heterocycles. The van der Waals surface area contributed by atoms with Crippen LogP contribution in [0.25, 0.3) is 0 Å². The van der Waals surface area contributed by atoms with Gasteiger partial charge < -0.3 is 9.88 Å². The predicted molar refractivity (Wildman–Crippen MR) is 76.4 cm³/mol. The van der Waals surface area contributed by atoms with Crippen LogP contribution in [0.1, 0.15) is 26.6 Å². The van der Waals surface area contributed by atoms with Crippen molar-refractivity contribution in [2.45, 2.75) is 38.5 Å². The summed E-state index contributed by atoms with van der Waals surface area (Å²) < 4.78 is 28.5. The Balaban J connectivity index is 2.40. The van der Waals surface area contributed by atoms with Crippen molar-refractivity contribution in [2.75, 3.05) is 13.1 Å². The largest absolute Gasteiger partial charge is 0.338 e. The Hall–Kier alpha value is -0.920. The van der Waals surface area contributed by atoms with E-state index in [9.17, 15) is 8.42 Å². The van der Waals surface area contributed by atoms with Gasteiger partial charge in [0.2, 0.25) is 10.0 Å². The van der Waals surface area contributed by atoms with Gasteiger partial charge in [-0.15, -0.1) is 0 Å². The highest BCUT2D eigenvalue weighted by Gasteiger charge is 2.20. The van der Waals surface area contributed by atoms with Crippen LogP contribution >= 0.6 is 0 Å². The summed E-state index contributed by atoms with van der Waals surface area (Å²) in [5.41, 5.74) is 0. The maximum atomic E-state index is 12.0. The van der Waals surface area contributed by atoms with Crippen LogP contribution in [0.15, 0.2) is 12.4 Å². The van der Waals surface area contributed by atoms with Crippen LogP contribution in [0, 0.1) is 0 Å². The van der Waals surface area contributed by atoms with Crippen LogP contribution in [-0.2, 0) is 23.5 Å². The van der Waals surface area contributed by atoms with E-state index in [0.29, 0.717) is 19.5 Å². The number of hydrogen-bond acceptors (Lipinski definition) is 4. The molecule has 0 spiro atoms. The molecule has 1 aromatic heterocycles. The van der Waals surface area contributed by atoms with Crippen molar-refractivity contribution in [1.82, 2.24) is 19.6 Å². The lowest BCUT2D eigenvalue weighted by Gasteiger charge is -2.16. The molecule has 19 heavy (non-hydrogen) atoms. The maximum absolute atomic E-state index is 12.0. The van der Waals surface area contributed by atoms with Crippen molar-refractivity contribution in [2.24, 2.45) is 7.05 Å². The molecule has 0 saturated heterocycles. The minimum atomic E-state index is -3.27. The van der Waals surface area contributed by atoms with Gasteiger partial charge in [-0.2, -0.15) is 0 Å². The average Bonchev–Trinajstić information content (AvgIpc) is 2.71. The van der Waals surface area contributed by atoms with E-state index in [2.05, 4.69) is 15.0 Å². The molecule has 0 saturated carbocycles. The lowest BCUT2D eigenvalue weighted by Crippen LogP contribution is -2.41. The third-order valence-corrected chi connectivity index (χ3v) is 4.75. The number of sulfonamides is 1. The van der Waals surface area contributed by atoms with E-state index in [1.807, 2.05) is 31.7 Å². The second kappa shape index (κ2) is 7.02. The Bertz CT molecular complexity index is 482. The first-order valence-corrected chi connectivity index (χ1v) is 8.05. The number of rotatable bonds is 8. The van der Waals surface area contributed by atoms with Crippen molar-refractivity contribution in [1.29, 1.82) is 0 Å². The zero-order valence-electron chi connectivity index (χ0n) is 12.0. The fourth-order valence-corrected chi connectivity index (χ4v) is 2.58. The van der Waals surface area contributed by atoms with E-state index in [4.69, 9.17) is 0 Å². The molecule has 0 aliphatic carbocycles. The first kappa shape index (κ1) is 16.1. The monoisotopic (exact) mass is 288 g/mol. The Kier molecular flexibility index (Phi) is 5.96. The van der Waals surface area contributed by atoms with Gasteiger partial charge in [0.05, 0.1) is 5.25 Å². The summed E-state index contributed by atoms with van der Waals surface area (Å²) in [6.45, 7) is 6.52. The molecule has 1 aromatic rings. The average molecular weight is 288 g/mol. The smallest absolute Gasteiger partial charge is 0.215 e. The highest BCUT2D eigenvalue weighted by atomic mass is 32.2. The van der Waals surface area contributed by atoms with Gasteiger partial charge in [0, 0.05) is 45.0 Å². The van der Waals surface area contributed by atoms with E-state index in [0.717, 1.165) is 5.82 Å². The van der Waals surface area contributed by atoms with Gasteiger partial charge >= 0.3 is 0 Å². The lowest BCUT2D eigenvalue weighted by atomic mass is 10.3. The second-order valence-electron chi connectivity index (χ2n) is 5.02. The zero-order chi connectivity index (χ0) is 14.5. The van der Waals surface area contributed by atoms with E-state index in [1.54, 1.807) is 13.1 Å². The number of nitrogens with zero attached hydrogens (tertiary/aromatic N) is 2. The minimum absolute atomic E-state index is 0.283. The molecule has 0 fully saturated rings. The van der Waals surface area contributed by atoms with Crippen LogP contribution in [-0.4, -0.2) is 42.4 Å². The maximum Gasteiger partial charge on any atom is 0.215 e. The van der Waals surface area contributed by atoms with E-state index >= 15 is 0 Å². The molecule has 6 nitrogen and oxygen atoms in total. The zero-order valence-corrected chi connectivity index (χ0v) is 12.9. The third-order valence-electron chi connectivity index (χ3n) is 2.92. The van der Waals surface area contributed by atoms with E-state index in [1.165, 1.54) is 0 Å². The number of hydrogen-bond donors (Lipinski definition) is 2. The van der Waals surface area contributed by atoms with Gasteiger partial charge in [-0.25, -0.2) is 18.1 Å². The fraction of sp³-hybridized carbons (Fsp3) is 0.750. The summed E-state index contributed by atoms with van der Waals surface area (Å²) in [4.78, 5) is 4.16. The molecule has 2 N–H and O–H groups in total. The van der Waals surface area contributed by atoms with Crippen LogP contribution < -0.4 is 10.0 Å². The highest BCUT2D eigenvalue weighted by Crippen LogP contribution is 1.99. The van der Waals surface area contributed by atoms with Crippen LogP contribution in [0.4, 0.5) is 0 Å². The summed E-state index contributed by atoms with van der Waals surface area (Å²) >= 11 is 0. The molecular weight excluding hydrogens is 264 g/mol. The lowest BCUT2D eigenvalue weighted by molar-refractivity contribution is 0.540. The van der Waals surface area contributed by atoms with Crippen LogP contribution in [0.5, 0.6) is 0 Å². The first-order valence-electron chi connectivity index (χ1n) is 6.51. The van der Waals surface area contributed by atoms with E-state index in [-0.39, 0.29) is 6.04 Å². The Morgan fingerprint density at radius 1 is 1.37 bits per heavy atom. The molecule has 0 aromatic carbocycles. The first-order chi connectivity index (χ1) is 8.83.